The Balaban J connectivity index is 1.50. The Morgan fingerprint density at radius 3 is 2.35 bits per heavy atom. The molecule has 98 valence electrons. The van der Waals surface area contributed by atoms with Crippen molar-refractivity contribution in [2.75, 3.05) is 19.8 Å². The molecule has 2 bridgehead atoms. The van der Waals surface area contributed by atoms with Crippen molar-refractivity contribution >= 4 is 11.8 Å². The molecule has 3 rings (SSSR count). The molecule has 1 aliphatic carbocycles. The number of fused-ring (bicyclic) bond motifs is 2. The molecule has 0 aromatic heterocycles. The molecule has 17 heavy (non-hydrogen) atoms. The molecule has 1 N–H and O–H groups in total. The molecule has 0 radical (unpaired) electrons. The molecule has 0 spiro atoms. The third-order valence-corrected chi connectivity index (χ3v) is 6.93. The zero-order chi connectivity index (χ0) is 11.9. The maximum Gasteiger partial charge on any atom is 0.0281 e. The van der Waals surface area contributed by atoms with Crippen LogP contribution < -0.4 is 5.32 Å². The van der Waals surface area contributed by atoms with E-state index in [-0.39, 0.29) is 0 Å². The van der Waals surface area contributed by atoms with Crippen molar-refractivity contribution in [2.24, 2.45) is 0 Å². The first kappa shape index (κ1) is 12.3. The lowest BCUT2D eigenvalue weighted by molar-refractivity contribution is 0.145. The third kappa shape index (κ3) is 2.26. The van der Waals surface area contributed by atoms with Gasteiger partial charge in [-0.1, -0.05) is 6.42 Å². The fraction of sp³-hybridized carbons (Fsp3) is 1.00. The molecule has 2 nitrogen and oxygen atoms in total. The quantitative estimate of drug-likeness (QED) is 0.830. The van der Waals surface area contributed by atoms with Gasteiger partial charge in [-0.2, -0.15) is 11.8 Å². The van der Waals surface area contributed by atoms with Crippen molar-refractivity contribution in [1.82, 2.24) is 10.2 Å². The van der Waals surface area contributed by atoms with Gasteiger partial charge < -0.3 is 10.2 Å². The summed E-state index contributed by atoms with van der Waals surface area (Å²) in [4.78, 5) is 2.63. The summed E-state index contributed by atoms with van der Waals surface area (Å²) in [5.41, 5.74) is 0. The highest BCUT2D eigenvalue weighted by molar-refractivity contribution is 8.00. The molecular formula is C14H26N2S. The first-order valence-corrected chi connectivity index (χ1v) is 8.45. The van der Waals surface area contributed by atoms with E-state index >= 15 is 0 Å². The van der Waals surface area contributed by atoms with Gasteiger partial charge in [-0.05, 0) is 51.8 Å². The summed E-state index contributed by atoms with van der Waals surface area (Å²) in [6.45, 7) is 1.25. The number of nitrogens with zero attached hydrogens (tertiary/aromatic N) is 1. The second-order valence-electron chi connectivity index (χ2n) is 6.34. The SMILES string of the molecule is CSC1(CNC2CC3CCC(C2)N3C)CCC1. The van der Waals surface area contributed by atoms with Crippen LogP contribution in [0.3, 0.4) is 0 Å². The highest BCUT2D eigenvalue weighted by Crippen LogP contribution is 2.42. The Morgan fingerprint density at radius 1 is 1.24 bits per heavy atom. The molecule has 0 amide bonds. The summed E-state index contributed by atoms with van der Waals surface area (Å²) in [5.74, 6) is 0. The van der Waals surface area contributed by atoms with Gasteiger partial charge in [-0.3, -0.25) is 0 Å². The summed E-state index contributed by atoms with van der Waals surface area (Å²) in [5, 5.41) is 3.89. The molecule has 0 aromatic rings. The van der Waals surface area contributed by atoms with E-state index in [0.29, 0.717) is 4.75 Å². The van der Waals surface area contributed by atoms with Crippen LogP contribution in [0, 0.1) is 0 Å². The molecule has 0 aromatic carbocycles. The molecule has 3 aliphatic rings. The van der Waals surface area contributed by atoms with Gasteiger partial charge in [0.1, 0.15) is 0 Å². The Labute approximate surface area is 110 Å². The number of hydrogen-bond acceptors (Lipinski definition) is 3. The Bertz CT molecular complexity index is 258. The molecule has 2 heterocycles. The molecule has 2 aliphatic heterocycles. The highest BCUT2D eigenvalue weighted by Gasteiger charge is 2.40. The second-order valence-corrected chi connectivity index (χ2v) is 7.61. The van der Waals surface area contributed by atoms with Crippen LogP contribution in [0.25, 0.3) is 0 Å². The number of nitrogens with one attached hydrogen (secondary N) is 1. The second kappa shape index (κ2) is 4.75. The fourth-order valence-electron chi connectivity index (χ4n) is 3.93. The Kier molecular flexibility index (Phi) is 3.44. The number of piperidine rings is 1. The van der Waals surface area contributed by atoms with Crippen LogP contribution in [0.4, 0.5) is 0 Å². The van der Waals surface area contributed by atoms with Crippen LogP contribution in [0.15, 0.2) is 0 Å². The molecule has 2 atom stereocenters. The minimum atomic E-state index is 0.600. The van der Waals surface area contributed by atoms with E-state index in [1.807, 2.05) is 0 Å². The van der Waals surface area contributed by atoms with Crippen LogP contribution >= 0.6 is 11.8 Å². The zero-order valence-corrected chi connectivity index (χ0v) is 12.1. The lowest BCUT2D eigenvalue weighted by Gasteiger charge is -2.43. The first-order valence-electron chi connectivity index (χ1n) is 7.23. The van der Waals surface area contributed by atoms with Gasteiger partial charge in [-0.15, -0.1) is 0 Å². The van der Waals surface area contributed by atoms with Gasteiger partial charge in [0, 0.05) is 29.4 Å². The van der Waals surface area contributed by atoms with Gasteiger partial charge in [-0.25, -0.2) is 0 Å². The Morgan fingerprint density at radius 2 is 1.88 bits per heavy atom. The van der Waals surface area contributed by atoms with Gasteiger partial charge in [0.25, 0.3) is 0 Å². The minimum Gasteiger partial charge on any atom is -0.312 e. The van der Waals surface area contributed by atoms with Gasteiger partial charge in [0.05, 0.1) is 0 Å². The summed E-state index contributed by atoms with van der Waals surface area (Å²) < 4.78 is 0.600. The minimum absolute atomic E-state index is 0.600. The molecular weight excluding hydrogens is 228 g/mol. The molecule has 1 saturated carbocycles. The normalized spacial score (nSPS) is 40.2. The van der Waals surface area contributed by atoms with Crippen molar-refractivity contribution < 1.29 is 0 Å². The van der Waals surface area contributed by atoms with Crippen molar-refractivity contribution in [3.63, 3.8) is 0 Å². The van der Waals surface area contributed by atoms with E-state index in [0.717, 1.165) is 18.1 Å². The number of rotatable bonds is 4. The van der Waals surface area contributed by atoms with E-state index in [1.165, 1.54) is 51.5 Å². The number of hydrogen-bond donors (Lipinski definition) is 1. The fourth-order valence-corrected chi connectivity index (χ4v) is 4.86. The summed E-state index contributed by atoms with van der Waals surface area (Å²) in [6, 6.07) is 2.55. The van der Waals surface area contributed by atoms with Crippen molar-refractivity contribution in [1.29, 1.82) is 0 Å². The Hall–Kier alpha value is 0.270. The third-order valence-electron chi connectivity index (χ3n) is 5.51. The lowest BCUT2D eigenvalue weighted by Crippen LogP contribution is -2.52. The van der Waals surface area contributed by atoms with Crippen molar-refractivity contribution in [3.8, 4) is 0 Å². The largest absolute Gasteiger partial charge is 0.312 e. The van der Waals surface area contributed by atoms with E-state index in [4.69, 9.17) is 0 Å². The molecule has 3 heteroatoms. The number of thioether (sulfide) groups is 1. The van der Waals surface area contributed by atoms with Gasteiger partial charge in [0.15, 0.2) is 0 Å². The van der Waals surface area contributed by atoms with Crippen LogP contribution in [-0.2, 0) is 0 Å². The molecule has 2 saturated heterocycles. The predicted octanol–water partition coefficient (Wildman–Crippen LogP) is 2.49. The lowest BCUT2D eigenvalue weighted by atomic mass is 9.83. The van der Waals surface area contributed by atoms with Crippen molar-refractivity contribution in [3.05, 3.63) is 0 Å². The van der Waals surface area contributed by atoms with Gasteiger partial charge in [0.2, 0.25) is 0 Å². The smallest absolute Gasteiger partial charge is 0.0281 e. The van der Waals surface area contributed by atoms with Crippen molar-refractivity contribution in [2.45, 2.75) is 67.8 Å². The van der Waals surface area contributed by atoms with E-state index in [9.17, 15) is 0 Å². The van der Waals surface area contributed by atoms with Crippen LogP contribution in [0.5, 0.6) is 0 Å². The standard InChI is InChI=1S/C14H26N2S/c1-16-12-4-5-13(16)9-11(8-12)15-10-14(17-2)6-3-7-14/h11-13,15H,3-10H2,1-2H3. The van der Waals surface area contributed by atoms with Crippen LogP contribution in [0.2, 0.25) is 0 Å². The molecule has 2 unspecified atom stereocenters. The van der Waals surface area contributed by atoms with Crippen LogP contribution in [-0.4, -0.2) is 47.6 Å². The zero-order valence-electron chi connectivity index (χ0n) is 11.2. The summed E-state index contributed by atoms with van der Waals surface area (Å²) >= 11 is 2.09. The molecule has 3 fully saturated rings. The summed E-state index contributed by atoms with van der Waals surface area (Å²) in [7, 11) is 2.33. The van der Waals surface area contributed by atoms with Gasteiger partial charge >= 0.3 is 0 Å². The van der Waals surface area contributed by atoms with E-state index in [1.54, 1.807) is 0 Å². The average molecular weight is 254 g/mol. The van der Waals surface area contributed by atoms with Crippen LogP contribution in [0.1, 0.15) is 44.9 Å². The first-order chi connectivity index (χ1) is 8.22. The maximum atomic E-state index is 3.89. The summed E-state index contributed by atoms with van der Waals surface area (Å²) in [6.07, 6.45) is 12.2. The van der Waals surface area contributed by atoms with E-state index < -0.39 is 0 Å². The monoisotopic (exact) mass is 254 g/mol. The highest BCUT2D eigenvalue weighted by atomic mass is 32.2. The average Bonchev–Trinajstić information content (AvgIpc) is 2.52. The van der Waals surface area contributed by atoms with E-state index in [2.05, 4.69) is 35.3 Å². The predicted molar refractivity (Wildman–Crippen MR) is 75.7 cm³/mol. The maximum absolute atomic E-state index is 3.89. The topological polar surface area (TPSA) is 15.3 Å².